The van der Waals surface area contributed by atoms with Crippen molar-refractivity contribution in [2.75, 3.05) is 0 Å². The molecule has 0 bridgehead atoms. The minimum Gasteiger partial charge on any atom is -0.405 e. The fourth-order valence-electron chi connectivity index (χ4n) is 2.73. The van der Waals surface area contributed by atoms with E-state index in [9.17, 15) is 8.78 Å². The molecule has 0 spiro atoms. The lowest BCUT2D eigenvalue weighted by Gasteiger charge is -2.29. The van der Waals surface area contributed by atoms with E-state index in [0.717, 1.165) is 12.8 Å². The third-order valence-corrected chi connectivity index (χ3v) is 4.24. The lowest BCUT2D eigenvalue weighted by Crippen LogP contribution is -2.38. The molecule has 0 radical (unpaired) electrons. The van der Waals surface area contributed by atoms with Gasteiger partial charge in [-0.15, -0.1) is 0 Å². The van der Waals surface area contributed by atoms with Gasteiger partial charge < -0.3 is 4.43 Å². The molecular formula is C10H18F2OSi. The maximum Gasteiger partial charge on any atom is 0.281 e. The van der Waals surface area contributed by atoms with E-state index in [1.54, 1.807) is 0 Å². The smallest absolute Gasteiger partial charge is 0.281 e. The molecule has 0 saturated heterocycles. The zero-order valence-corrected chi connectivity index (χ0v) is 10.1. The number of rotatable bonds is 2. The Morgan fingerprint density at radius 3 is 2.36 bits per heavy atom. The summed E-state index contributed by atoms with van der Waals surface area (Å²) < 4.78 is 32.9. The highest BCUT2D eigenvalue weighted by Gasteiger charge is 2.82. The molecule has 0 amide bonds. The first-order valence-electron chi connectivity index (χ1n) is 5.38. The fourth-order valence-corrected chi connectivity index (χ4v) is 4.21. The Kier molecular flexibility index (Phi) is 2.10. The first kappa shape index (κ1) is 10.6. The lowest BCUT2D eigenvalue weighted by atomic mass is 9.98. The van der Waals surface area contributed by atoms with Crippen molar-refractivity contribution in [3.63, 3.8) is 0 Å². The van der Waals surface area contributed by atoms with Crippen LogP contribution in [0.5, 0.6) is 0 Å². The molecule has 0 N–H and O–H groups in total. The van der Waals surface area contributed by atoms with Crippen LogP contribution >= 0.6 is 0 Å². The number of hydrogen-bond acceptors (Lipinski definition) is 1. The van der Waals surface area contributed by atoms with Crippen LogP contribution in [-0.2, 0) is 4.43 Å². The number of hydrogen-bond donors (Lipinski definition) is 0. The topological polar surface area (TPSA) is 9.23 Å². The van der Waals surface area contributed by atoms with Crippen LogP contribution in [0.1, 0.15) is 25.7 Å². The summed E-state index contributed by atoms with van der Waals surface area (Å²) in [4.78, 5) is 0. The number of halogens is 2. The molecule has 0 heterocycles. The second-order valence-electron chi connectivity index (χ2n) is 5.53. The lowest BCUT2D eigenvalue weighted by molar-refractivity contribution is 0.00121. The van der Waals surface area contributed by atoms with Gasteiger partial charge in [0, 0.05) is 0 Å². The summed E-state index contributed by atoms with van der Waals surface area (Å²) in [6.07, 6.45) is 3.06. The van der Waals surface area contributed by atoms with Crippen LogP contribution in [-0.4, -0.2) is 19.8 Å². The zero-order valence-electron chi connectivity index (χ0n) is 9.07. The molecule has 82 valence electrons. The van der Waals surface area contributed by atoms with Crippen LogP contribution in [0, 0.1) is 5.92 Å². The van der Waals surface area contributed by atoms with E-state index in [0.29, 0.717) is 12.8 Å². The van der Waals surface area contributed by atoms with Crippen molar-refractivity contribution < 1.29 is 13.2 Å². The molecule has 2 saturated carbocycles. The van der Waals surface area contributed by atoms with Crippen molar-refractivity contribution in [3.8, 4) is 0 Å². The van der Waals surface area contributed by atoms with Gasteiger partial charge in [0.1, 0.15) is 5.60 Å². The third kappa shape index (κ3) is 1.34. The van der Waals surface area contributed by atoms with Crippen LogP contribution < -0.4 is 0 Å². The largest absolute Gasteiger partial charge is 0.405 e. The Morgan fingerprint density at radius 2 is 1.86 bits per heavy atom. The molecule has 0 unspecified atom stereocenters. The van der Waals surface area contributed by atoms with Gasteiger partial charge in [0.15, 0.2) is 8.32 Å². The van der Waals surface area contributed by atoms with Crippen molar-refractivity contribution in [1.29, 1.82) is 0 Å². The Hall–Kier alpha value is 0.0369. The standard InChI is InChI=1S/C10H18F2OSi/c1-14(2,3)13-9-7-5-4-6-8(9)10(9,11)12/h8H,4-7H2,1-3H3/t8-,9-/m0/s1. The van der Waals surface area contributed by atoms with Gasteiger partial charge >= 0.3 is 0 Å². The summed E-state index contributed by atoms with van der Waals surface area (Å²) in [7, 11) is -1.84. The molecule has 1 nitrogen and oxygen atoms in total. The van der Waals surface area contributed by atoms with Crippen LogP contribution in [0.3, 0.4) is 0 Å². The van der Waals surface area contributed by atoms with Crippen molar-refractivity contribution in [2.24, 2.45) is 5.92 Å². The van der Waals surface area contributed by atoms with Gasteiger partial charge in [-0.2, -0.15) is 0 Å². The Labute approximate surface area is 85.0 Å². The molecule has 2 rings (SSSR count). The van der Waals surface area contributed by atoms with E-state index in [1.807, 2.05) is 19.6 Å². The molecule has 2 aliphatic rings. The van der Waals surface area contributed by atoms with Crippen molar-refractivity contribution >= 4 is 8.32 Å². The molecule has 14 heavy (non-hydrogen) atoms. The molecule has 2 fully saturated rings. The maximum atomic E-state index is 13.6. The van der Waals surface area contributed by atoms with E-state index < -0.39 is 25.8 Å². The van der Waals surface area contributed by atoms with Crippen LogP contribution in [0.25, 0.3) is 0 Å². The van der Waals surface area contributed by atoms with Gasteiger partial charge in [-0.25, -0.2) is 8.78 Å². The predicted molar refractivity (Wildman–Crippen MR) is 54.1 cm³/mol. The fraction of sp³-hybridized carbons (Fsp3) is 1.00. The summed E-state index contributed by atoms with van der Waals surface area (Å²) in [5.41, 5.74) is -1.05. The Morgan fingerprint density at radius 1 is 1.21 bits per heavy atom. The van der Waals surface area contributed by atoms with Gasteiger partial charge in [-0.1, -0.05) is 12.8 Å². The van der Waals surface area contributed by atoms with Gasteiger partial charge in [-0.3, -0.25) is 0 Å². The van der Waals surface area contributed by atoms with Gasteiger partial charge in [0.2, 0.25) is 0 Å². The summed E-state index contributed by atoms with van der Waals surface area (Å²) in [5, 5.41) is 0. The van der Waals surface area contributed by atoms with Crippen molar-refractivity contribution in [2.45, 2.75) is 56.8 Å². The van der Waals surface area contributed by atoms with Crippen molar-refractivity contribution in [3.05, 3.63) is 0 Å². The Bertz CT molecular complexity index is 249. The van der Waals surface area contributed by atoms with E-state index in [-0.39, 0.29) is 0 Å². The molecule has 2 aliphatic carbocycles. The van der Waals surface area contributed by atoms with Gasteiger partial charge in [0.05, 0.1) is 5.92 Å². The number of alkyl halides is 2. The number of fused-ring (bicyclic) bond motifs is 1. The third-order valence-electron chi connectivity index (χ3n) is 3.26. The minimum absolute atomic E-state index is 0.476. The van der Waals surface area contributed by atoms with Crippen LogP contribution in [0.2, 0.25) is 19.6 Å². The molecule has 2 atom stereocenters. The monoisotopic (exact) mass is 220 g/mol. The summed E-state index contributed by atoms with van der Waals surface area (Å²) in [6.45, 7) is 5.96. The quantitative estimate of drug-likeness (QED) is 0.648. The average Bonchev–Trinajstić information content (AvgIpc) is 2.46. The minimum atomic E-state index is -2.54. The molecule has 0 aromatic rings. The van der Waals surface area contributed by atoms with Crippen LogP contribution in [0.15, 0.2) is 0 Å². The maximum absolute atomic E-state index is 13.6. The summed E-state index contributed by atoms with van der Waals surface area (Å²) in [5.74, 6) is -3.01. The summed E-state index contributed by atoms with van der Waals surface area (Å²) >= 11 is 0. The first-order valence-corrected chi connectivity index (χ1v) is 8.78. The highest BCUT2D eigenvalue weighted by Crippen LogP contribution is 2.68. The first-order chi connectivity index (χ1) is 6.30. The van der Waals surface area contributed by atoms with E-state index in [1.165, 1.54) is 0 Å². The molecule has 0 aromatic heterocycles. The molecular weight excluding hydrogens is 202 g/mol. The zero-order chi connectivity index (χ0) is 10.6. The van der Waals surface area contributed by atoms with Crippen LogP contribution in [0.4, 0.5) is 8.78 Å². The predicted octanol–water partition coefficient (Wildman–Crippen LogP) is 3.42. The molecule has 0 aliphatic heterocycles. The van der Waals surface area contributed by atoms with E-state index in [4.69, 9.17) is 4.43 Å². The molecule has 0 aromatic carbocycles. The second-order valence-corrected chi connectivity index (χ2v) is 9.95. The highest BCUT2D eigenvalue weighted by molar-refractivity contribution is 6.69. The van der Waals surface area contributed by atoms with E-state index >= 15 is 0 Å². The highest BCUT2D eigenvalue weighted by atomic mass is 28.4. The van der Waals surface area contributed by atoms with E-state index in [2.05, 4.69) is 0 Å². The van der Waals surface area contributed by atoms with Crippen molar-refractivity contribution in [1.82, 2.24) is 0 Å². The second kappa shape index (κ2) is 2.79. The SMILES string of the molecule is C[Si](C)(C)O[C@@]12CCCC[C@@H]1C2(F)F. The van der Waals surface area contributed by atoms with Gasteiger partial charge in [0.25, 0.3) is 5.92 Å². The Balaban J connectivity index is 2.15. The normalized spacial score (nSPS) is 40.5. The molecule has 4 heteroatoms. The van der Waals surface area contributed by atoms with Gasteiger partial charge in [-0.05, 0) is 32.5 Å². The average molecular weight is 220 g/mol. The summed E-state index contributed by atoms with van der Waals surface area (Å²) in [6, 6.07) is 0.